The molecule has 5 aliphatic carbocycles. The van der Waals surface area contributed by atoms with Crippen molar-refractivity contribution in [2.24, 2.45) is 50.2 Å². The van der Waals surface area contributed by atoms with E-state index < -0.39 is 5.41 Å². The predicted molar refractivity (Wildman–Crippen MR) is 147 cm³/mol. The molecular weight excluding hydrogens is 476 g/mol. The summed E-state index contributed by atoms with van der Waals surface area (Å²) in [7, 11) is 1.50. The standard InChI is InChI=1S/C33H50O5/c1-20(34)38-25-11-12-31(6)24(28(25,2)3)10-13-33(8)26(31)23(35)18-21-22-19-30(5,27(36)37-9)15-14-29(22,4)16-17-32(21,33)7/h18,22,24-26H,10-17,19H2,1-9H3/t22-,24-,25+,26+,29-,30+,31+,32-,33-/m1/s1. The Kier molecular flexibility index (Phi) is 6.19. The van der Waals surface area contributed by atoms with Crippen molar-refractivity contribution in [2.45, 2.75) is 119 Å². The summed E-state index contributed by atoms with van der Waals surface area (Å²) in [6.45, 7) is 17.7. The van der Waals surface area contributed by atoms with Gasteiger partial charge in [-0.1, -0.05) is 47.1 Å². The Bertz CT molecular complexity index is 1090. The summed E-state index contributed by atoms with van der Waals surface area (Å²) < 4.78 is 11.1. The van der Waals surface area contributed by atoms with E-state index in [1.807, 2.05) is 0 Å². The van der Waals surface area contributed by atoms with Gasteiger partial charge in [-0.3, -0.25) is 14.4 Å². The van der Waals surface area contributed by atoms with Crippen molar-refractivity contribution in [3.8, 4) is 0 Å². The third-order valence-electron chi connectivity index (χ3n) is 13.5. The number of ketones is 1. The molecule has 0 amide bonds. The van der Waals surface area contributed by atoms with Gasteiger partial charge < -0.3 is 9.47 Å². The molecule has 0 heterocycles. The zero-order valence-electron chi connectivity index (χ0n) is 25.3. The lowest BCUT2D eigenvalue weighted by Gasteiger charge is -2.70. The predicted octanol–water partition coefficient (Wildman–Crippen LogP) is 7.07. The van der Waals surface area contributed by atoms with E-state index in [2.05, 4.69) is 54.5 Å². The van der Waals surface area contributed by atoms with Crippen LogP contribution in [0.1, 0.15) is 113 Å². The van der Waals surface area contributed by atoms with E-state index >= 15 is 0 Å². The lowest BCUT2D eigenvalue weighted by molar-refractivity contribution is -0.210. The van der Waals surface area contributed by atoms with Crippen LogP contribution in [0.25, 0.3) is 0 Å². The summed E-state index contributed by atoms with van der Waals surface area (Å²) in [5.74, 6) is 0.474. The van der Waals surface area contributed by atoms with E-state index in [4.69, 9.17) is 9.47 Å². The summed E-state index contributed by atoms with van der Waals surface area (Å²) in [6.07, 6.45) is 10.6. The largest absolute Gasteiger partial charge is 0.469 e. The number of methoxy groups -OCH3 is 1. The van der Waals surface area contributed by atoms with Crippen LogP contribution >= 0.6 is 0 Å². The minimum Gasteiger partial charge on any atom is -0.469 e. The lowest BCUT2D eigenvalue weighted by Crippen LogP contribution is -2.66. The molecule has 0 aromatic carbocycles. The van der Waals surface area contributed by atoms with Gasteiger partial charge in [0.2, 0.25) is 0 Å². The zero-order valence-corrected chi connectivity index (χ0v) is 25.3. The van der Waals surface area contributed by atoms with Crippen molar-refractivity contribution in [1.29, 1.82) is 0 Å². The molecule has 0 aromatic rings. The highest BCUT2D eigenvalue weighted by molar-refractivity contribution is 5.95. The highest BCUT2D eigenvalue weighted by Crippen LogP contribution is 2.75. The van der Waals surface area contributed by atoms with Crippen molar-refractivity contribution in [3.63, 3.8) is 0 Å². The van der Waals surface area contributed by atoms with Crippen molar-refractivity contribution >= 4 is 17.7 Å². The third-order valence-corrected chi connectivity index (χ3v) is 13.5. The van der Waals surface area contributed by atoms with Crippen molar-refractivity contribution in [3.05, 3.63) is 11.6 Å². The van der Waals surface area contributed by atoms with Crippen LogP contribution in [0.2, 0.25) is 0 Å². The van der Waals surface area contributed by atoms with Gasteiger partial charge in [-0.05, 0) is 104 Å². The van der Waals surface area contributed by atoms with Gasteiger partial charge in [-0.25, -0.2) is 0 Å². The molecule has 4 fully saturated rings. The molecule has 4 saturated carbocycles. The number of hydrogen-bond acceptors (Lipinski definition) is 5. The van der Waals surface area contributed by atoms with E-state index in [-0.39, 0.29) is 57.0 Å². The Morgan fingerprint density at radius 3 is 2.18 bits per heavy atom. The molecule has 0 aliphatic heterocycles. The van der Waals surface area contributed by atoms with Gasteiger partial charge in [0, 0.05) is 18.3 Å². The topological polar surface area (TPSA) is 69.7 Å². The van der Waals surface area contributed by atoms with Crippen molar-refractivity contribution in [1.82, 2.24) is 0 Å². The quantitative estimate of drug-likeness (QED) is 0.360. The SMILES string of the molecule is COC(=O)[C@@]1(C)CC[C@]2(C)CC[C@]3(C)C(=CC(=O)[C@H]4[C@@]5(C)CC[C@H](OC(C)=O)C(C)(C)[C@H]5CC[C@]43C)[C@H]2C1. The Morgan fingerprint density at radius 2 is 1.55 bits per heavy atom. The summed E-state index contributed by atoms with van der Waals surface area (Å²) >= 11 is 0. The maximum absolute atomic E-state index is 14.4. The maximum atomic E-state index is 14.4. The van der Waals surface area contributed by atoms with Gasteiger partial charge in [0.15, 0.2) is 5.78 Å². The highest BCUT2D eigenvalue weighted by atomic mass is 16.5. The van der Waals surface area contributed by atoms with Crippen LogP contribution in [0.15, 0.2) is 11.6 Å². The molecule has 9 atom stereocenters. The fourth-order valence-corrected chi connectivity index (χ4v) is 11.0. The number of carbonyl (C=O) groups excluding carboxylic acids is 3. The number of esters is 2. The maximum Gasteiger partial charge on any atom is 0.311 e. The molecule has 5 rings (SSSR count). The molecule has 0 aromatic heterocycles. The summed E-state index contributed by atoms with van der Waals surface area (Å²) in [5.41, 5.74) is 0.416. The highest BCUT2D eigenvalue weighted by Gasteiger charge is 2.70. The van der Waals surface area contributed by atoms with Crippen LogP contribution < -0.4 is 0 Å². The molecule has 212 valence electrons. The Labute approximate surface area is 229 Å². The second-order valence-electron chi connectivity index (χ2n) is 15.7. The molecule has 5 heteroatoms. The van der Waals surface area contributed by atoms with Crippen molar-refractivity contribution < 1.29 is 23.9 Å². The smallest absolute Gasteiger partial charge is 0.311 e. The molecule has 0 spiro atoms. The summed E-state index contributed by atoms with van der Waals surface area (Å²) in [6, 6.07) is 0. The van der Waals surface area contributed by atoms with Gasteiger partial charge in [-0.15, -0.1) is 0 Å². The van der Waals surface area contributed by atoms with E-state index in [9.17, 15) is 14.4 Å². The average Bonchev–Trinajstić information content (AvgIpc) is 2.82. The van der Waals surface area contributed by atoms with Gasteiger partial charge in [0.05, 0.1) is 12.5 Å². The van der Waals surface area contributed by atoms with Crippen LogP contribution in [0.3, 0.4) is 0 Å². The molecule has 0 bridgehead atoms. The Morgan fingerprint density at radius 1 is 0.895 bits per heavy atom. The summed E-state index contributed by atoms with van der Waals surface area (Å²) in [5, 5.41) is 0. The average molecular weight is 527 g/mol. The minimum absolute atomic E-state index is 0.0417. The number of rotatable bonds is 2. The molecule has 0 unspecified atom stereocenters. The van der Waals surface area contributed by atoms with E-state index in [0.717, 1.165) is 57.8 Å². The van der Waals surface area contributed by atoms with Gasteiger partial charge in [-0.2, -0.15) is 0 Å². The van der Waals surface area contributed by atoms with Gasteiger partial charge in [0.25, 0.3) is 0 Å². The molecule has 5 nitrogen and oxygen atoms in total. The van der Waals surface area contributed by atoms with Crippen molar-refractivity contribution in [2.75, 3.05) is 7.11 Å². The lowest BCUT2D eigenvalue weighted by atomic mass is 9.33. The monoisotopic (exact) mass is 526 g/mol. The van der Waals surface area contributed by atoms with E-state index in [1.165, 1.54) is 19.6 Å². The molecular formula is C33H50O5. The fraction of sp³-hybridized carbons (Fsp3) is 0.848. The number of hydrogen-bond donors (Lipinski definition) is 0. The molecule has 5 aliphatic rings. The molecule has 0 saturated heterocycles. The van der Waals surface area contributed by atoms with Crippen LogP contribution in [-0.4, -0.2) is 30.9 Å². The first kappa shape index (κ1) is 27.9. The van der Waals surface area contributed by atoms with Crippen LogP contribution in [0.5, 0.6) is 0 Å². The second kappa shape index (κ2) is 8.43. The number of carbonyl (C=O) groups is 3. The van der Waals surface area contributed by atoms with Gasteiger partial charge in [0.1, 0.15) is 6.10 Å². The first-order chi connectivity index (χ1) is 17.5. The second-order valence-corrected chi connectivity index (χ2v) is 15.7. The number of allylic oxidation sites excluding steroid dienone is 2. The van der Waals surface area contributed by atoms with E-state index in [1.54, 1.807) is 0 Å². The number of fused-ring (bicyclic) bond motifs is 7. The normalized spacial score (nSPS) is 49.4. The van der Waals surface area contributed by atoms with Crippen LogP contribution in [0, 0.1) is 50.2 Å². The fourth-order valence-electron chi connectivity index (χ4n) is 11.0. The summed E-state index contributed by atoms with van der Waals surface area (Å²) in [4.78, 5) is 39.2. The van der Waals surface area contributed by atoms with Crippen LogP contribution in [-0.2, 0) is 23.9 Å². The van der Waals surface area contributed by atoms with Crippen LogP contribution in [0.4, 0.5) is 0 Å². The minimum atomic E-state index is -0.498. The Balaban J connectivity index is 1.57. The zero-order chi connectivity index (χ0) is 28.1. The van der Waals surface area contributed by atoms with Gasteiger partial charge >= 0.3 is 11.9 Å². The first-order valence-electron chi connectivity index (χ1n) is 15.0. The Hall–Kier alpha value is -1.65. The third kappa shape index (κ3) is 3.51. The molecule has 0 radical (unpaired) electrons. The first-order valence-corrected chi connectivity index (χ1v) is 15.0. The number of ether oxygens (including phenoxy) is 2. The van der Waals surface area contributed by atoms with E-state index in [0.29, 0.717) is 11.7 Å². The molecule has 0 N–H and O–H groups in total. The molecule has 38 heavy (non-hydrogen) atoms.